The highest BCUT2D eigenvalue weighted by Gasteiger charge is 2.26. The second-order valence-corrected chi connectivity index (χ2v) is 5.25. The second kappa shape index (κ2) is 4.81. The molecule has 0 aromatic carbocycles. The van der Waals surface area contributed by atoms with Gasteiger partial charge >= 0.3 is 0 Å². The van der Waals surface area contributed by atoms with Crippen LogP contribution in [-0.4, -0.2) is 26.1 Å². The average molecular weight is 259 g/mol. The molecule has 102 valence electrons. The highest BCUT2D eigenvalue weighted by molar-refractivity contribution is 5.37. The number of hydrogen-bond acceptors (Lipinski definition) is 3. The molecule has 0 atom stereocenters. The van der Waals surface area contributed by atoms with Crippen molar-refractivity contribution < 1.29 is 0 Å². The second-order valence-electron chi connectivity index (χ2n) is 5.25. The highest BCUT2D eigenvalue weighted by Crippen LogP contribution is 2.39. The van der Waals surface area contributed by atoms with Crippen LogP contribution in [0.2, 0.25) is 0 Å². The molecule has 0 aliphatic heterocycles. The summed E-state index contributed by atoms with van der Waals surface area (Å²) in [6.45, 7) is 5.97. The van der Waals surface area contributed by atoms with Crippen molar-refractivity contribution in [1.82, 2.24) is 24.9 Å². The van der Waals surface area contributed by atoms with E-state index in [-0.39, 0.29) is 0 Å². The van der Waals surface area contributed by atoms with E-state index in [0.29, 0.717) is 5.92 Å². The molecule has 1 saturated carbocycles. The predicted molar refractivity (Wildman–Crippen MR) is 74.4 cm³/mol. The first-order valence-corrected chi connectivity index (χ1v) is 6.99. The maximum atomic E-state index is 4.71. The lowest BCUT2D eigenvalue weighted by atomic mass is 10.2. The van der Waals surface area contributed by atoms with Gasteiger partial charge in [0.15, 0.2) is 5.82 Å². The van der Waals surface area contributed by atoms with Gasteiger partial charge in [-0.25, -0.2) is 4.68 Å². The Kier molecular flexibility index (Phi) is 3.14. The van der Waals surface area contributed by atoms with Crippen molar-refractivity contribution >= 4 is 0 Å². The minimum Gasteiger partial charge on any atom is -0.313 e. The van der Waals surface area contributed by atoms with Crippen LogP contribution in [0.25, 0.3) is 5.82 Å². The minimum atomic E-state index is 0.688. The van der Waals surface area contributed by atoms with Crippen molar-refractivity contribution in [3.05, 3.63) is 29.2 Å². The topological polar surface area (TPSA) is 47.7 Å². The van der Waals surface area contributed by atoms with E-state index in [4.69, 9.17) is 5.10 Å². The molecule has 0 amide bonds. The molecular weight excluding hydrogens is 238 g/mol. The fourth-order valence-corrected chi connectivity index (χ4v) is 2.49. The number of nitrogens with one attached hydrogen (secondary N) is 1. The first-order chi connectivity index (χ1) is 9.20. The molecule has 1 aliphatic rings. The van der Waals surface area contributed by atoms with Gasteiger partial charge in [0.25, 0.3) is 0 Å². The Labute approximate surface area is 113 Å². The summed E-state index contributed by atoms with van der Waals surface area (Å²) in [7, 11) is 1.98. The van der Waals surface area contributed by atoms with Crippen molar-refractivity contribution in [3.8, 4) is 5.82 Å². The van der Waals surface area contributed by atoms with Crippen molar-refractivity contribution in [2.24, 2.45) is 7.05 Å². The molecule has 0 radical (unpaired) electrons. The van der Waals surface area contributed by atoms with E-state index in [1.807, 2.05) is 16.4 Å². The van der Waals surface area contributed by atoms with Crippen molar-refractivity contribution in [2.75, 3.05) is 6.54 Å². The zero-order valence-corrected chi connectivity index (χ0v) is 11.8. The van der Waals surface area contributed by atoms with E-state index in [1.165, 1.54) is 24.1 Å². The van der Waals surface area contributed by atoms with Gasteiger partial charge in [0.2, 0.25) is 0 Å². The largest absolute Gasteiger partial charge is 0.313 e. The zero-order valence-electron chi connectivity index (χ0n) is 11.8. The summed E-state index contributed by atoms with van der Waals surface area (Å²) in [5.41, 5.74) is 3.52. The van der Waals surface area contributed by atoms with Gasteiger partial charge in [0, 0.05) is 31.3 Å². The summed E-state index contributed by atoms with van der Waals surface area (Å²) < 4.78 is 3.89. The zero-order chi connectivity index (χ0) is 13.4. The Morgan fingerprint density at radius 1 is 1.37 bits per heavy atom. The standard InChI is InChI=1S/C14H21N5/c1-4-15-9-12-10(2)16-18(3)14(12)19-8-7-13(17-19)11-5-6-11/h7-8,11,15H,4-6,9H2,1-3H3. The van der Waals surface area contributed by atoms with Crippen LogP contribution < -0.4 is 5.32 Å². The molecule has 1 fully saturated rings. The van der Waals surface area contributed by atoms with Gasteiger partial charge in [0.1, 0.15) is 0 Å². The Balaban J connectivity index is 1.96. The maximum Gasteiger partial charge on any atom is 0.156 e. The molecule has 0 saturated heterocycles. The molecular formula is C14H21N5. The SMILES string of the molecule is CCNCc1c(C)nn(C)c1-n1ccc(C2CC2)n1. The van der Waals surface area contributed by atoms with E-state index in [2.05, 4.69) is 36.5 Å². The molecule has 0 spiro atoms. The maximum absolute atomic E-state index is 4.71. The summed E-state index contributed by atoms with van der Waals surface area (Å²) in [5.74, 6) is 1.76. The van der Waals surface area contributed by atoms with Gasteiger partial charge in [-0.1, -0.05) is 6.92 Å². The van der Waals surface area contributed by atoms with Crippen LogP contribution in [0.1, 0.15) is 42.6 Å². The van der Waals surface area contributed by atoms with E-state index >= 15 is 0 Å². The normalized spacial score (nSPS) is 15.1. The number of hydrogen-bond donors (Lipinski definition) is 1. The van der Waals surface area contributed by atoms with E-state index < -0.39 is 0 Å². The number of nitrogens with zero attached hydrogens (tertiary/aromatic N) is 4. The smallest absolute Gasteiger partial charge is 0.156 e. The lowest BCUT2D eigenvalue weighted by Crippen LogP contribution is -2.15. The summed E-state index contributed by atoms with van der Waals surface area (Å²) in [6.07, 6.45) is 4.62. The molecule has 0 unspecified atom stereocenters. The van der Waals surface area contributed by atoms with Crippen LogP contribution in [0.4, 0.5) is 0 Å². The number of rotatable bonds is 5. The van der Waals surface area contributed by atoms with Crippen LogP contribution in [0.3, 0.4) is 0 Å². The predicted octanol–water partition coefficient (Wildman–Crippen LogP) is 1.90. The third-order valence-electron chi connectivity index (χ3n) is 3.69. The third kappa shape index (κ3) is 2.30. The van der Waals surface area contributed by atoms with Crippen molar-refractivity contribution in [2.45, 2.75) is 39.2 Å². The first-order valence-electron chi connectivity index (χ1n) is 6.99. The highest BCUT2D eigenvalue weighted by atomic mass is 15.4. The van der Waals surface area contributed by atoms with Crippen molar-refractivity contribution in [1.29, 1.82) is 0 Å². The molecule has 5 nitrogen and oxygen atoms in total. The van der Waals surface area contributed by atoms with Gasteiger partial charge in [-0.15, -0.1) is 0 Å². The number of aromatic nitrogens is 4. The molecule has 19 heavy (non-hydrogen) atoms. The summed E-state index contributed by atoms with van der Waals surface area (Å²) in [4.78, 5) is 0. The molecule has 3 rings (SSSR count). The lowest BCUT2D eigenvalue weighted by Gasteiger charge is -2.07. The van der Waals surface area contributed by atoms with Crippen LogP contribution >= 0.6 is 0 Å². The van der Waals surface area contributed by atoms with Gasteiger partial charge < -0.3 is 5.32 Å². The lowest BCUT2D eigenvalue weighted by molar-refractivity contribution is 0.674. The molecule has 1 N–H and O–H groups in total. The van der Waals surface area contributed by atoms with Gasteiger partial charge in [-0.2, -0.15) is 10.2 Å². The fourth-order valence-electron chi connectivity index (χ4n) is 2.49. The molecule has 2 heterocycles. The Morgan fingerprint density at radius 2 is 2.16 bits per heavy atom. The van der Waals surface area contributed by atoms with Crippen LogP contribution in [0.5, 0.6) is 0 Å². The molecule has 5 heteroatoms. The summed E-state index contributed by atoms with van der Waals surface area (Å²) >= 11 is 0. The van der Waals surface area contributed by atoms with E-state index in [0.717, 1.165) is 24.6 Å². The molecule has 0 bridgehead atoms. The van der Waals surface area contributed by atoms with E-state index in [1.54, 1.807) is 0 Å². The summed E-state index contributed by atoms with van der Waals surface area (Å²) in [5, 5.41) is 12.6. The van der Waals surface area contributed by atoms with E-state index in [9.17, 15) is 0 Å². The van der Waals surface area contributed by atoms with Crippen LogP contribution in [0.15, 0.2) is 12.3 Å². The van der Waals surface area contributed by atoms with Crippen LogP contribution in [0, 0.1) is 6.92 Å². The Hall–Kier alpha value is -1.62. The molecule has 1 aliphatic carbocycles. The molecule has 2 aromatic heterocycles. The van der Waals surface area contributed by atoms with Gasteiger partial charge in [0.05, 0.1) is 11.4 Å². The quantitative estimate of drug-likeness (QED) is 0.892. The fraction of sp³-hybridized carbons (Fsp3) is 0.571. The average Bonchev–Trinajstić information content (AvgIpc) is 3.05. The molecule has 2 aromatic rings. The van der Waals surface area contributed by atoms with Gasteiger partial charge in [-0.05, 0) is 32.4 Å². The number of aryl methyl sites for hydroxylation is 2. The summed E-state index contributed by atoms with van der Waals surface area (Å²) in [6, 6.07) is 2.14. The Morgan fingerprint density at radius 3 is 2.84 bits per heavy atom. The van der Waals surface area contributed by atoms with Gasteiger partial charge in [-0.3, -0.25) is 4.68 Å². The minimum absolute atomic E-state index is 0.688. The monoisotopic (exact) mass is 259 g/mol. The third-order valence-corrected chi connectivity index (χ3v) is 3.69. The Bertz CT molecular complexity index is 577. The first kappa shape index (κ1) is 12.4. The van der Waals surface area contributed by atoms with Crippen molar-refractivity contribution in [3.63, 3.8) is 0 Å². The van der Waals surface area contributed by atoms with Crippen LogP contribution in [-0.2, 0) is 13.6 Å².